The number of benzene rings is 1. The molecule has 0 fully saturated rings. The number of anilines is 1. The Morgan fingerprint density at radius 3 is 2.95 bits per heavy atom. The van der Waals surface area contributed by atoms with E-state index in [4.69, 9.17) is 10.5 Å². The second-order valence-electron chi connectivity index (χ2n) is 4.92. The number of nitrogens with two attached hydrogens (primary N) is 1. The molecule has 4 nitrogen and oxygen atoms in total. The molecule has 1 aliphatic heterocycles. The highest BCUT2D eigenvalue weighted by Crippen LogP contribution is 2.36. The van der Waals surface area contributed by atoms with Crippen LogP contribution in [0.15, 0.2) is 42.6 Å². The minimum Gasteiger partial charge on any atom is -0.493 e. The van der Waals surface area contributed by atoms with Crippen molar-refractivity contribution in [2.45, 2.75) is 12.5 Å². The summed E-state index contributed by atoms with van der Waals surface area (Å²) in [5.41, 5.74) is 8.71. The van der Waals surface area contributed by atoms with Crippen LogP contribution in [0.25, 0.3) is 0 Å². The number of aromatic nitrogens is 1. The molecule has 1 aromatic carbocycles. The van der Waals surface area contributed by atoms with Gasteiger partial charge in [-0.3, -0.25) is 0 Å². The van der Waals surface area contributed by atoms with Gasteiger partial charge in [0.05, 0.1) is 13.2 Å². The molecule has 1 aliphatic rings. The summed E-state index contributed by atoms with van der Waals surface area (Å²) in [5, 5.41) is 0. The first-order valence-corrected chi connectivity index (χ1v) is 6.88. The average molecular weight is 269 g/mol. The van der Waals surface area contributed by atoms with Crippen molar-refractivity contribution in [2.75, 3.05) is 25.1 Å². The van der Waals surface area contributed by atoms with Crippen LogP contribution < -0.4 is 15.4 Å². The van der Waals surface area contributed by atoms with Gasteiger partial charge in [-0.2, -0.15) is 0 Å². The van der Waals surface area contributed by atoms with E-state index < -0.39 is 0 Å². The lowest BCUT2D eigenvalue weighted by atomic mass is 9.92. The van der Waals surface area contributed by atoms with Crippen LogP contribution in [0.5, 0.6) is 5.75 Å². The Bertz CT molecular complexity index is 600. The first-order chi connectivity index (χ1) is 9.85. The van der Waals surface area contributed by atoms with Gasteiger partial charge in [-0.25, -0.2) is 4.98 Å². The van der Waals surface area contributed by atoms with Crippen molar-refractivity contribution < 1.29 is 4.74 Å². The van der Waals surface area contributed by atoms with Crippen molar-refractivity contribution in [3.8, 4) is 5.75 Å². The lowest BCUT2D eigenvalue weighted by Crippen LogP contribution is -2.40. The van der Waals surface area contributed by atoms with Crippen LogP contribution in [0, 0.1) is 0 Å². The van der Waals surface area contributed by atoms with Gasteiger partial charge < -0.3 is 15.4 Å². The predicted molar refractivity (Wildman–Crippen MR) is 80.1 cm³/mol. The van der Waals surface area contributed by atoms with E-state index in [0.717, 1.165) is 24.5 Å². The van der Waals surface area contributed by atoms with Crippen molar-refractivity contribution >= 4 is 5.82 Å². The molecule has 2 N–H and O–H groups in total. The third-order valence-electron chi connectivity index (χ3n) is 3.88. The zero-order valence-corrected chi connectivity index (χ0v) is 11.6. The first-order valence-electron chi connectivity index (χ1n) is 6.88. The fourth-order valence-electron chi connectivity index (χ4n) is 2.92. The van der Waals surface area contributed by atoms with Crippen LogP contribution in [0.2, 0.25) is 0 Å². The summed E-state index contributed by atoms with van der Waals surface area (Å²) >= 11 is 0. The van der Waals surface area contributed by atoms with Crippen molar-refractivity contribution in [3.63, 3.8) is 0 Å². The first kappa shape index (κ1) is 12.9. The molecule has 1 atom stereocenters. The Kier molecular flexibility index (Phi) is 3.56. The second-order valence-corrected chi connectivity index (χ2v) is 4.92. The zero-order valence-electron chi connectivity index (χ0n) is 11.6. The molecule has 104 valence electrons. The molecule has 1 unspecified atom stereocenters. The monoisotopic (exact) mass is 269 g/mol. The van der Waals surface area contributed by atoms with E-state index >= 15 is 0 Å². The van der Waals surface area contributed by atoms with Crippen LogP contribution >= 0.6 is 0 Å². The topological polar surface area (TPSA) is 51.4 Å². The van der Waals surface area contributed by atoms with Gasteiger partial charge in [0, 0.05) is 19.3 Å². The van der Waals surface area contributed by atoms with Gasteiger partial charge in [-0.15, -0.1) is 0 Å². The summed E-state index contributed by atoms with van der Waals surface area (Å²) in [6.45, 7) is 1.48. The molecule has 0 bridgehead atoms. The summed E-state index contributed by atoms with van der Waals surface area (Å²) in [4.78, 5) is 6.74. The molecule has 1 aromatic heterocycles. The summed E-state index contributed by atoms with van der Waals surface area (Å²) < 4.78 is 5.43. The van der Waals surface area contributed by atoms with E-state index in [2.05, 4.69) is 34.1 Å². The molecule has 3 rings (SSSR count). The maximum Gasteiger partial charge on any atom is 0.171 e. The molecule has 0 saturated heterocycles. The predicted octanol–water partition coefficient (Wildman–Crippen LogP) is 2.15. The highest BCUT2D eigenvalue weighted by atomic mass is 16.5. The molecular formula is C16H19N3O. The fraction of sp³-hybridized carbons (Fsp3) is 0.312. The summed E-state index contributed by atoms with van der Waals surface area (Å²) in [6.07, 6.45) is 2.80. The lowest BCUT2D eigenvalue weighted by molar-refractivity contribution is 0.409. The van der Waals surface area contributed by atoms with Crippen LogP contribution in [-0.4, -0.2) is 25.2 Å². The van der Waals surface area contributed by atoms with Crippen LogP contribution in [0.1, 0.15) is 17.2 Å². The van der Waals surface area contributed by atoms with E-state index in [-0.39, 0.29) is 6.04 Å². The maximum absolute atomic E-state index is 6.03. The number of methoxy groups -OCH3 is 1. The Labute approximate surface area is 119 Å². The zero-order chi connectivity index (χ0) is 13.9. The van der Waals surface area contributed by atoms with Crippen molar-refractivity contribution in [1.82, 2.24) is 4.98 Å². The Morgan fingerprint density at radius 2 is 2.15 bits per heavy atom. The van der Waals surface area contributed by atoms with Gasteiger partial charge in [0.25, 0.3) is 0 Å². The van der Waals surface area contributed by atoms with Crippen molar-refractivity contribution in [3.05, 3.63) is 53.7 Å². The maximum atomic E-state index is 6.03. The molecule has 0 saturated carbocycles. The quantitative estimate of drug-likeness (QED) is 0.927. The minimum atomic E-state index is 0.156. The van der Waals surface area contributed by atoms with Gasteiger partial charge in [0.15, 0.2) is 11.6 Å². The van der Waals surface area contributed by atoms with Crippen LogP contribution in [0.3, 0.4) is 0 Å². The van der Waals surface area contributed by atoms with Crippen LogP contribution in [-0.2, 0) is 6.42 Å². The SMILES string of the molecule is COc1cccnc1N1CCc2ccccc2C1CN. The Morgan fingerprint density at radius 1 is 1.30 bits per heavy atom. The number of rotatable bonds is 3. The van der Waals surface area contributed by atoms with Gasteiger partial charge in [0.2, 0.25) is 0 Å². The summed E-state index contributed by atoms with van der Waals surface area (Å²) in [5.74, 6) is 1.67. The number of nitrogens with zero attached hydrogens (tertiary/aromatic N) is 2. The smallest absolute Gasteiger partial charge is 0.171 e. The number of hydrogen-bond donors (Lipinski definition) is 1. The van der Waals surface area contributed by atoms with E-state index in [0.29, 0.717) is 6.54 Å². The molecule has 4 heteroatoms. The standard InChI is InChI=1S/C16H19N3O/c1-20-15-7-4-9-18-16(15)19-10-8-12-5-2-3-6-13(12)14(19)11-17/h2-7,9,14H,8,10-11,17H2,1H3. The third kappa shape index (κ3) is 2.12. The molecule has 2 heterocycles. The van der Waals surface area contributed by atoms with Crippen molar-refractivity contribution in [2.24, 2.45) is 5.73 Å². The second kappa shape index (κ2) is 5.51. The number of hydrogen-bond acceptors (Lipinski definition) is 4. The number of pyridine rings is 1. The Hall–Kier alpha value is -2.07. The number of fused-ring (bicyclic) bond motifs is 1. The van der Waals surface area contributed by atoms with Gasteiger partial charge in [0.1, 0.15) is 0 Å². The highest BCUT2D eigenvalue weighted by molar-refractivity contribution is 5.56. The van der Waals surface area contributed by atoms with Gasteiger partial charge in [-0.05, 0) is 29.7 Å². The molecule has 0 radical (unpaired) electrons. The lowest BCUT2D eigenvalue weighted by Gasteiger charge is -2.38. The molecule has 0 aliphatic carbocycles. The molecule has 20 heavy (non-hydrogen) atoms. The van der Waals surface area contributed by atoms with Crippen molar-refractivity contribution in [1.29, 1.82) is 0 Å². The molecule has 0 amide bonds. The van der Waals surface area contributed by atoms with E-state index in [1.54, 1.807) is 13.3 Å². The Balaban J connectivity index is 2.03. The molecule has 0 spiro atoms. The normalized spacial score (nSPS) is 17.7. The molecule has 2 aromatic rings. The average Bonchev–Trinajstić information content (AvgIpc) is 2.53. The van der Waals surface area contributed by atoms with E-state index in [1.807, 2.05) is 12.1 Å². The van der Waals surface area contributed by atoms with E-state index in [1.165, 1.54) is 11.1 Å². The van der Waals surface area contributed by atoms with Gasteiger partial charge in [-0.1, -0.05) is 24.3 Å². The summed E-state index contributed by atoms with van der Waals surface area (Å²) in [6, 6.07) is 12.5. The fourth-order valence-corrected chi connectivity index (χ4v) is 2.92. The largest absolute Gasteiger partial charge is 0.493 e. The minimum absolute atomic E-state index is 0.156. The summed E-state index contributed by atoms with van der Waals surface area (Å²) in [7, 11) is 1.68. The third-order valence-corrected chi connectivity index (χ3v) is 3.88. The van der Waals surface area contributed by atoms with E-state index in [9.17, 15) is 0 Å². The molecular weight excluding hydrogens is 250 g/mol. The van der Waals surface area contributed by atoms with Gasteiger partial charge >= 0.3 is 0 Å². The highest BCUT2D eigenvalue weighted by Gasteiger charge is 2.28. The van der Waals surface area contributed by atoms with Crippen LogP contribution in [0.4, 0.5) is 5.82 Å². The number of ether oxygens (including phenoxy) is 1.